The number of ether oxygens (including phenoxy) is 1. The van der Waals surface area contributed by atoms with Gasteiger partial charge in [-0.1, -0.05) is 0 Å². The molecule has 2 atom stereocenters. The molecular formula is C24H33NO4. The zero-order valence-electron chi connectivity index (χ0n) is 17.3. The first-order valence-corrected chi connectivity index (χ1v) is 11.3. The van der Waals surface area contributed by atoms with Crippen LogP contribution in [0.4, 0.5) is 0 Å². The highest BCUT2D eigenvalue weighted by Gasteiger charge is 2.56. The van der Waals surface area contributed by atoms with E-state index in [4.69, 9.17) is 4.74 Å². The molecular weight excluding hydrogens is 366 g/mol. The summed E-state index contributed by atoms with van der Waals surface area (Å²) >= 11 is 0. The fourth-order valence-electron chi connectivity index (χ4n) is 6.96. The van der Waals surface area contributed by atoms with Crippen molar-refractivity contribution in [2.45, 2.75) is 81.6 Å². The molecule has 2 N–H and O–H groups in total. The van der Waals surface area contributed by atoms with Gasteiger partial charge in [0.1, 0.15) is 5.75 Å². The molecule has 6 rings (SSSR count). The number of carbonyl (C=O) groups is 1. The first-order chi connectivity index (χ1) is 13.9. The van der Waals surface area contributed by atoms with Gasteiger partial charge in [-0.25, -0.2) is 0 Å². The Balaban J connectivity index is 1.24. The van der Waals surface area contributed by atoms with Crippen LogP contribution in [0.2, 0.25) is 0 Å². The van der Waals surface area contributed by atoms with E-state index in [2.05, 4.69) is 0 Å². The molecule has 0 radical (unpaired) electrons. The van der Waals surface area contributed by atoms with Crippen molar-refractivity contribution in [2.75, 3.05) is 7.05 Å². The molecule has 0 aliphatic heterocycles. The first-order valence-electron chi connectivity index (χ1n) is 11.3. The minimum atomic E-state index is -0.467. The Kier molecular flexibility index (Phi) is 4.86. The van der Waals surface area contributed by atoms with Crippen LogP contribution in [0, 0.1) is 17.8 Å². The largest absolute Gasteiger partial charge is 0.490 e. The molecule has 1 amide bonds. The quantitative estimate of drug-likeness (QED) is 0.814. The van der Waals surface area contributed by atoms with Crippen molar-refractivity contribution < 1.29 is 19.7 Å². The van der Waals surface area contributed by atoms with Gasteiger partial charge < -0.3 is 19.8 Å². The SMILES string of the molecule is CN(C(=O)c1ccc(O[C@H]2CC[C@@H](O)CC2)cc1)C1[C@H]2CC3C[C@H]1CC(O)(C3)C2. The summed E-state index contributed by atoms with van der Waals surface area (Å²) in [7, 11) is 1.94. The molecule has 0 aromatic heterocycles. The van der Waals surface area contributed by atoms with Crippen LogP contribution in [0.15, 0.2) is 24.3 Å². The van der Waals surface area contributed by atoms with Crippen LogP contribution in [0.25, 0.3) is 0 Å². The van der Waals surface area contributed by atoms with Crippen molar-refractivity contribution in [3.8, 4) is 5.75 Å². The summed E-state index contributed by atoms with van der Waals surface area (Å²) in [5.41, 5.74) is 0.233. The lowest BCUT2D eigenvalue weighted by Crippen LogP contribution is -2.61. The van der Waals surface area contributed by atoms with Crippen molar-refractivity contribution in [1.82, 2.24) is 4.90 Å². The van der Waals surface area contributed by atoms with Gasteiger partial charge in [-0.15, -0.1) is 0 Å². The molecule has 5 saturated carbocycles. The van der Waals surface area contributed by atoms with E-state index in [1.807, 2.05) is 36.2 Å². The predicted octanol–water partition coefficient (Wildman–Crippen LogP) is 3.38. The molecule has 0 heterocycles. The van der Waals surface area contributed by atoms with Gasteiger partial charge in [0.25, 0.3) is 5.91 Å². The summed E-state index contributed by atoms with van der Waals surface area (Å²) in [6, 6.07) is 7.78. The van der Waals surface area contributed by atoms with Crippen LogP contribution >= 0.6 is 0 Å². The van der Waals surface area contributed by atoms with Gasteiger partial charge in [0, 0.05) is 18.7 Å². The van der Waals surface area contributed by atoms with Gasteiger partial charge in [0.15, 0.2) is 0 Å². The van der Waals surface area contributed by atoms with Crippen LogP contribution in [0.1, 0.15) is 68.1 Å². The molecule has 29 heavy (non-hydrogen) atoms. The monoisotopic (exact) mass is 399 g/mol. The Morgan fingerprint density at radius 1 is 1.03 bits per heavy atom. The topological polar surface area (TPSA) is 70.0 Å². The molecule has 5 fully saturated rings. The maximum absolute atomic E-state index is 13.2. The third-order valence-electron chi connectivity index (χ3n) is 8.01. The lowest BCUT2D eigenvalue weighted by Gasteiger charge is -2.59. The molecule has 4 bridgehead atoms. The van der Waals surface area contributed by atoms with Gasteiger partial charge in [-0.05, 0) is 99.8 Å². The molecule has 5 aliphatic carbocycles. The number of nitrogens with zero attached hydrogens (tertiary/aromatic N) is 1. The second-order valence-corrected chi connectivity index (χ2v) is 10.2. The van der Waals surface area contributed by atoms with Crippen LogP contribution < -0.4 is 4.74 Å². The molecule has 5 nitrogen and oxygen atoms in total. The predicted molar refractivity (Wildman–Crippen MR) is 110 cm³/mol. The van der Waals surface area contributed by atoms with Gasteiger partial charge in [0.2, 0.25) is 0 Å². The van der Waals surface area contributed by atoms with Crippen molar-refractivity contribution in [3.05, 3.63) is 29.8 Å². The summed E-state index contributed by atoms with van der Waals surface area (Å²) in [5, 5.41) is 20.4. The number of aliphatic hydroxyl groups excluding tert-OH is 1. The first kappa shape index (κ1) is 19.4. The van der Waals surface area contributed by atoms with E-state index in [1.165, 1.54) is 0 Å². The van der Waals surface area contributed by atoms with E-state index in [9.17, 15) is 15.0 Å². The molecule has 1 aromatic carbocycles. The minimum absolute atomic E-state index is 0.0711. The fourth-order valence-corrected chi connectivity index (χ4v) is 6.96. The van der Waals surface area contributed by atoms with Crippen molar-refractivity contribution in [1.29, 1.82) is 0 Å². The molecule has 5 aliphatic rings. The number of hydrogen-bond acceptors (Lipinski definition) is 4. The maximum Gasteiger partial charge on any atom is 0.253 e. The van der Waals surface area contributed by atoms with Crippen LogP contribution in [-0.2, 0) is 0 Å². The van der Waals surface area contributed by atoms with E-state index < -0.39 is 5.60 Å². The lowest BCUT2D eigenvalue weighted by molar-refractivity contribution is -0.152. The number of amides is 1. The van der Waals surface area contributed by atoms with Gasteiger partial charge >= 0.3 is 0 Å². The van der Waals surface area contributed by atoms with E-state index in [1.54, 1.807) is 0 Å². The van der Waals surface area contributed by atoms with Crippen molar-refractivity contribution in [3.63, 3.8) is 0 Å². The number of benzene rings is 1. The summed E-state index contributed by atoms with van der Waals surface area (Å²) in [6.07, 6.45) is 8.30. The Morgan fingerprint density at radius 3 is 2.24 bits per heavy atom. The van der Waals surface area contributed by atoms with E-state index in [-0.39, 0.29) is 24.2 Å². The summed E-state index contributed by atoms with van der Waals surface area (Å²) in [4.78, 5) is 15.1. The molecule has 158 valence electrons. The lowest BCUT2D eigenvalue weighted by atomic mass is 9.52. The van der Waals surface area contributed by atoms with Crippen LogP contribution in [0.3, 0.4) is 0 Å². The second kappa shape index (κ2) is 7.28. The van der Waals surface area contributed by atoms with Gasteiger partial charge in [0.05, 0.1) is 17.8 Å². The van der Waals surface area contributed by atoms with E-state index >= 15 is 0 Å². The molecule has 0 saturated heterocycles. The second-order valence-electron chi connectivity index (χ2n) is 10.2. The highest BCUT2D eigenvalue weighted by Crippen LogP contribution is 2.56. The van der Waals surface area contributed by atoms with Gasteiger partial charge in [-0.3, -0.25) is 4.79 Å². The van der Waals surface area contributed by atoms with E-state index in [0.717, 1.165) is 63.5 Å². The Labute approximate surface area is 173 Å². The van der Waals surface area contributed by atoms with Gasteiger partial charge in [-0.2, -0.15) is 0 Å². The summed E-state index contributed by atoms with van der Waals surface area (Å²) < 4.78 is 6.04. The standard InChI is InChI=1S/C24H33NO4/c1-25(22-17-10-15-11-18(22)14-24(28,12-15)13-17)23(27)16-2-6-20(7-3-16)29-21-8-4-19(26)5-9-21/h2-3,6-7,15,17-19,21-22,26,28H,4-5,8-14H2,1H3/t15?,17-,18-,19-,21+,22?,24?/m0/s1. The number of hydrogen-bond donors (Lipinski definition) is 2. The van der Waals surface area contributed by atoms with Crippen molar-refractivity contribution in [2.24, 2.45) is 17.8 Å². The third-order valence-corrected chi connectivity index (χ3v) is 8.01. The maximum atomic E-state index is 13.2. The highest BCUT2D eigenvalue weighted by atomic mass is 16.5. The zero-order chi connectivity index (χ0) is 20.2. The highest BCUT2D eigenvalue weighted by molar-refractivity contribution is 5.94. The Morgan fingerprint density at radius 2 is 1.66 bits per heavy atom. The fraction of sp³-hybridized carbons (Fsp3) is 0.708. The smallest absolute Gasteiger partial charge is 0.253 e. The third kappa shape index (κ3) is 3.68. The van der Waals surface area contributed by atoms with Crippen molar-refractivity contribution >= 4 is 5.91 Å². The number of carbonyl (C=O) groups excluding carboxylic acids is 1. The normalized spacial score (nSPS) is 40.7. The van der Waals surface area contributed by atoms with Crippen LogP contribution in [-0.4, -0.2) is 51.9 Å². The minimum Gasteiger partial charge on any atom is -0.490 e. The number of rotatable bonds is 4. The van der Waals surface area contributed by atoms with Crippen LogP contribution in [0.5, 0.6) is 5.75 Å². The molecule has 0 spiro atoms. The average Bonchev–Trinajstić information content (AvgIpc) is 2.68. The average molecular weight is 400 g/mol. The Bertz CT molecular complexity index is 739. The zero-order valence-corrected chi connectivity index (χ0v) is 17.3. The molecule has 1 aromatic rings. The van der Waals surface area contributed by atoms with E-state index in [0.29, 0.717) is 23.3 Å². The molecule has 5 heteroatoms. The Hall–Kier alpha value is -1.59. The molecule has 0 unspecified atom stereocenters. The summed E-state index contributed by atoms with van der Waals surface area (Å²) in [5.74, 6) is 2.38. The summed E-state index contributed by atoms with van der Waals surface area (Å²) in [6.45, 7) is 0. The number of aliphatic hydroxyl groups is 2.